The Labute approximate surface area is 79.7 Å². The van der Waals surface area contributed by atoms with Gasteiger partial charge in [-0.25, -0.2) is 0 Å². The summed E-state index contributed by atoms with van der Waals surface area (Å²) in [5, 5.41) is 2.76. The van der Waals surface area contributed by atoms with Crippen molar-refractivity contribution in [2.24, 2.45) is 0 Å². The van der Waals surface area contributed by atoms with E-state index in [1.165, 1.54) is 0 Å². The van der Waals surface area contributed by atoms with Crippen molar-refractivity contribution >= 4 is 23.0 Å². The summed E-state index contributed by atoms with van der Waals surface area (Å²) < 4.78 is 0. The van der Waals surface area contributed by atoms with Gasteiger partial charge in [0.25, 0.3) is 0 Å². The van der Waals surface area contributed by atoms with Gasteiger partial charge >= 0.3 is 0 Å². The van der Waals surface area contributed by atoms with Gasteiger partial charge in [-0.2, -0.15) is 0 Å². The van der Waals surface area contributed by atoms with Crippen molar-refractivity contribution in [3.63, 3.8) is 0 Å². The minimum Gasteiger partial charge on any atom is -0.356 e. The molecule has 0 atom stereocenters. The molecule has 0 aliphatic rings. The van der Waals surface area contributed by atoms with Crippen molar-refractivity contribution in [2.45, 2.75) is 39.5 Å². The van der Waals surface area contributed by atoms with Gasteiger partial charge < -0.3 is 5.32 Å². The fourth-order valence-corrected chi connectivity index (χ4v) is 1.08. The number of rotatable bonds is 6. The summed E-state index contributed by atoms with van der Waals surface area (Å²) in [7, 11) is 0. The van der Waals surface area contributed by atoms with E-state index in [1.54, 1.807) is 6.92 Å². The van der Waals surface area contributed by atoms with Gasteiger partial charge in [-0.1, -0.05) is 18.6 Å². The number of unbranched alkanes of at least 4 members (excludes halogenated alkanes) is 2. The molecule has 1 amide bonds. The summed E-state index contributed by atoms with van der Waals surface area (Å²) in [5.74, 6) is 0.0565. The lowest BCUT2D eigenvalue weighted by atomic mass is 10.1. The maximum atomic E-state index is 10.5. The van der Waals surface area contributed by atoms with Crippen LogP contribution in [0.5, 0.6) is 0 Å². The predicted octanol–water partition coefficient (Wildman–Crippen LogP) is 2.07. The molecule has 0 rings (SSSR count). The zero-order chi connectivity index (χ0) is 9.40. The molecule has 0 spiro atoms. The molecule has 0 aliphatic carbocycles. The minimum absolute atomic E-state index is 0.0565. The fourth-order valence-electron chi connectivity index (χ4n) is 0.940. The maximum absolute atomic E-state index is 10.5. The van der Waals surface area contributed by atoms with E-state index in [4.69, 9.17) is 12.2 Å². The van der Waals surface area contributed by atoms with Crippen LogP contribution in [0.2, 0.25) is 0 Å². The van der Waals surface area contributed by atoms with Gasteiger partial charge in [-0.15, -0.1) is 0 Å². The molecule has 0 saturated carbocycles. The van der Waals surface area contributed by atoms with E-state index < -0.39 is 0 Å². The Morgan fingerprint density at radius 2 is 1.92 bits per heavy atom. The van der Waals surface area contributed by atoms with Crippen molar-refractivity contribution < 1.29 is 4.79 Å². The monoisotopic (exact) mass is 187 g/mol. The summed E-state index contributed by atoms with van der Waals surface area (Å²) in [6, 6.07) is 0. The van der Waals surface area contributed by atoms with Gasteiger partial charge in [0.1, 0.15) is 0 Å². The lowest BCUT2D eigenvalue weighted by molar-refractivity contribution is -0.118. The largest absolute Gasteiger partial charge is 0.356 e. The summed E-state index contributed by atoms with van der Waals surface area (Å²) in [5.41, 5.74) is 0. The maximum Gasteiger partial charge on any atom is 0.216 e. The SMILES string of the molecule is CC(=O)NCCCCCC(C)=S. The molecule has 0 unspecified atom stereocenters. The molecule has 0 aliphatic heterocycles. The standard InChI is InChI=1S/C9H17NOS/c1-8(12)6-4-3-5-7-10-9(2)11/h3-7H2,1-2H3,(H,10,11). The normalized spacial score (nSPS) is 9.50. The second-order valence-corrected chi connectivity index (χ2v) is 3.69. The Bertz CT molecular complexity index is 139. The molecule has 0 heterocycles. The van der Waals surface area contributed by atoms with E-state index in [2.05, 4.69) is 5.32 Å². The lowest BCUT2D eigenvalue weighted by Crippen LogP contribution is -2.20. The molecular weight excluding hydrogens is 170 g/mol. The van der Waals surface area contributed by atoms with Gasteiger partial charge in [-0.05, 0) is 31.1 Å². The number of amides is 1. The van der Waals surface area contributed by atoms with Crippen molar-refractivity contribution in [2.75, 3.05) is 6.54 Å². The summed E-state index contributed by atoms with van der Waals surface area (Å²) in [6.07, 6.45) is 4.39. The highest BCUT2D eigenvalue weighted by Gasteiger charge is 1.92. The lowest BCUT2D eigenvalue weighted by Gasteiger charge is -2.01. The predicted molar refractivity (Wildman–Crippen MR) is 55.4 cm³/mol. The first-order chi connectivity index (χ1) is 5.63. The molecule has 0 fully saturated rings. The number of carbonyl (C=O) groups is 1. The average molecular weight is 187 g/mol. The van der Waals surface area contributed by atoms with Gasteiger partial charge in [0, 0.05) is 13.5 Å². The Morgan fingerprint density at radius 3 is 2.42 bits per heavy atom. The molecule has 3 heteroatoms. The molecule has 2 nitrogen and oxygen atoms in total. The second kappa shape index (κ2) is 7.22. The molecule has 0 radical (unpaired) electrons. The van der Waals surface area contributed by atoms with Crippen LogP contribution in [0.25, 0.3) is 0 Å². The number of nitrogens with one attached hydrogen (secondary N) is 1. The molecule has 70 valence electrons. The zero-order valence-corrected chi connectivity index (χ0v) is 8.67. The smallest absolute Gasteiger partial charge is 0.216 e. The first kappa shape index (κ1) is 11.6. The molecular formula is C9H17NOS. The van der Waals surface area contributed by atoms with Crippen LogP contribution in [-0.2, 0) is 4.79 Å². The fraction of sp³-hybridized carbons (Fsp3) is 0.778. The van der Waals surface area contributed by atoms with E-state index in [1.807, 2.05) is 6.92 Å². The van der Waals surface area contributed by atoms with Crippen LogP contribution in [0, 0.1) is 0 Å². The Hall–Kier alpha value is -0.440. The first-order valence-electron chi connectivity index (χ1n) is 4.37. The number of thiocarbonyl (C=S) groups is 1. The number of carbonyl (C=O) groups excluding carboxylic acids is 1. The first-order valence-corrected chi connectivity index (χ1v) is 4.77. The third kappa shape index (κ3) is 9.56. The van der Waals surface area contributed by atoms with Crippen LogP contribution in [-0.4, -0.2) is 17.3 Å². The van der Waals surface area contributed by atoms with E-state index in [0.717, 1.165) is 37.1 Å². The third-order valence-electron chi connectivity index (χ3n) is 1.58. The van der Waals surface area contributed by atoms with Crippen LogP contribution in [0.3, 0.4) is 0 Å². The van der Waals surface area contributed by atoms with Crippen molar-refractivity contribution in [3.05, 3.63) is 0 Å². The van der Waals surface area contributed by atoms with Crippen LogP contribution in [0.1, 0.15) is 39.5 Å². The quantitative estimate of drug-likeness (QED) is 0.509. The Balaban J connectivity index is 3.01. The van der Waals surface area contributed by atoms with Crippen molar-refractivity contribution in [3.8, 4) is 0 Å². The summed E-state index contributed by atoms with van der Waals surface area (Å²) in [6.45, 7) is 4.32. The number of hydrogen-bond acceptors (Lipinski definition) is 2. The summed E-state index contributed by atoms with van der Waals surface area (Å²) >= 11 is 4.95. The molecule has 0 aromatic rings. The second-order valence-electron chi connectivity index (χ2n) is 3.00. The van der Waals surface area contributed by atoms with E-state index >= 15 is 0 Å². The van der Waals surface area contributed by atoms with Crippen LogP contribution >= 0.6 is 12.2 Å². The van der Waals surface area contributed by atoms with Crippen LogP contribution in [0.15, 0.2) is 0 Å². The van der Waals surface area contributed by atoms with E-state index in [0.29, 0.717) is 0 Å². The van der Waals surface area contributed by atoms with Crippen molar-refractivity contribution in [1.29, 1.82) is 0 Å². The minimum atomic E-state index is 0.0565. The van der Waals surface area contributed by atoms with Gasteiger partial charge in [-0.3, -0.25) is 4.79 Å². The third-order valence-corrected chi connectivity index (χ3v) is 1.78. The molecule has 0 saturated heterocycles. The van der Waals surface area contributed by atoms with E-state index in [9.17, 15) is 4.79 Å². The highest BCUT2D eigenvalue weighted by Crippen LogP contribution is 2.00. The molecule has 0 aromatic carbocycles. The highest BCUT2D eigenvalue weighted by atomic mass is 32.1. The number of hydrogen-bond donors (Lipinski definition) is 1. The topological polar surface area (TPSA) is 29.1 Å². The van der Waals surface area contributed by atoms with E-state index in [-0.39, 0.29) is 5.91 Å². The highest BCUT2D eigenvalue weighted by molar-refractivity contribution is 7.80. The molecule has 1 N–H and O–H groups in total. The van der Waals surface area contributed by atoms with Gasteiger partial charge in [0.05, 0.1) is 0 Å². The van der Waals surface area contributed by atoms with Gasteiger partial charge in [0.2, 0.25) is 5.91 Å². The molecule has 12 heavy (non-hydrogen) atoms. The van der Waals surface area contributed by atoms with Crippen LogP contribution in [0.4, 0.5) is 0 Å². The average Bonchev–Trinajstić information content (AvgIpc) is 1.95. The van der Waals surface area contributed by atoms with Crippen LogP contribution < -0.4 is 5.32 Å². The summed E-state index contributed by atoms with van der Waals surface area (Å²) in [4.78, 5) is 11.5. The van der Waals surface area contributed by atoms with Crippen molar-refractivity contribution in [1.82, 2.24) is 5.32 Å². The molecule has 0 bridgehead atoms. The van der Waals surface area contributed by atoms with Gasteiger partial charge in [0.15, 0.2) is 0 Å². The molecule has 0 aromatic heterocycles. The zero-order valence-electron chi connectivity index (χ0n) is 7.85. The Morgan fingerprint density at radius 1 is 1.25 bits per heavy atom. The Kier molecular flexibility index (Phi) is 6.96.